The van der Waals surface area contributed by atoms with E-state index in [2.05, 4.69) is 65.9 Å². The highest BCUT2D eigenvalue weighted by Crippen LogP contribution is 2.43. The fraction of sp³-hybridized carbons (Fsp3) is 0.231. The Hall–Kier alpha value is -7.60. The summed E-state index contributed by atoms with van der Waals surface area (Å²) >= 11 is 0. The van der Waals surface area contributed by atoms with E-state index in [0.29, 0.717) is 36.0 Å². The summed E-state index contributed by atoms with van der Waals surface area (Å²) in [7, 11) is 0. The molecular weight excluding hydrogens is 805 g/mol. The predicted octanol–water partition coefficient (Wildman–Crippen LogP) is 10.6. The number of hydrogen-bond donors (Lipinski definition) is 0. The van der Waals surface area contributed by atoms with Gasteiger partial charge >= 0.3 is 12.1 Å². The molecule has 2 heterocycles. The lowest BCUT2D eigenvalue weighted by Crippen LogP contribution is -2.39. The average molecular weight is 853 g/mol. The SMILES string of the molecule is CCOc1nc2cccc(C(=O)O[C@@H](C)OC(=O)OC3CCCCC3)c2n1Cc1ccc(-c2ccccc2-c2nnnn2C(c2ccccc2)(c2ccccc2)c2ccccc2)cc1. The van der Waals surface area contributed by atoms with Crippen LogP contribution in [-0.4, -0.2) is 60.9 Å². The Morgan fingerprint density at radius 3 is 1.94 bits per heavy atom. The van der Waals surface area contributed by atoms with Crippen LogP contribution in [0.2, 0.25) is 0 Å². The lowest BCUT2D eigenvalue weighted by molar-refractivity contribution is -0.0914. The van der Waals surface area contributed by atoms with E-state index in [1.54, 1.807) is 12.1 Å². The molecular formula is C52H48N6O6. The summed E-state index contributed by atoms with van der Waals surface area (Å²) in [5.74, 6) is -0.0689. The second-order valence-electron chi connectivity index (χ2n) is 15.8. The van der Waals surface area contributed by atoms with Gasteiger partial charge < -0.3 is 18.9 Å². The Kier molecular flexibility index (Phi) is 12.3. The second kappa shape index (κ2) is 18.8. The van der Waals surface area contributed by atoms with Crippen LogP contribution in [0.3, 0.4) is 0 Å². The maximum absolute atomic E-state index is 13.7. The number of nitrogens with zero attached hydrogens (tertiary/aromatic N) is 6. The number of hydrogen-bond acceptors (Lipinski definition) is 10. The number of tetrazole rings is 1. The standard InChI is InChI=1S/C52H48N6O6/c1-3-61-50-53-46-30-18-29-45(49(59)62-36(2)63-51(60)64-42-25-14-7-15-26-42)47(46)57(50)35-37-31-33-38(34-32-37)43-27-16-17-28-44(43)48-54-55-56-58(48)52(39-19-8-4-9-20-39,40-21-10-5-11-22-40)41-23-12-6-13-24-41/h4-6,8-13,16-24,27-34,36,42H,3,7,14-15,25-26,35H2,1-2H3/t36-/m1/s1. The molecule has 0 saturated heterocycles. The zero-order valence-corrected chi connectivity index (χ0v) is 35.7. The summed E-state index contributed by atoms with van der Waals surface area (Å²) in [6.45, 7) is 4.09. The molecule has 12 nitrogen and oxygen atoms in total. The minimum Gasteiger partial charge on any atom is -0.465 e. The lowest BCUT2D eigenvalue weighted by Gasteiger charge is -2.36. The molecule has 2 aromatic heterocycles. The molecule has 0 bridgehead atoms. The van der Waals surface area contributed by atoms with Crippen molar-refractivity contribution in [1.82, 2.24) is 29.8 Å². The minimum atomic E-state index is -1.17. The third-order valence-electron chi connectivity index (χ3n) is 11.7. The van der Waals surface area contributed by atoms with E-state index in [9.17, 15) is 9.59 Å². The molecule has 0 radical (unpaired) electrons. The molecule has 322 valence electrons. The van der Waals surface area contributed by atoms with Crippen molar-refractivity contribution in [2.45, 2.75) is 70.4 Å². The first-order valence-corrected chi connectivity index (χ1v) is 21.8. The van der Waals surface area contributed by atoms with Crippen LogP contribution in [0.4, 0.5) is 4.79 Å². The van der Waals surface area contributed by atoms with Crippen LogP contribution >= 0.6 is 0 Å². The van der Waals surface area contributed by atoms with Crippen molar-refractivity contribution in [3.8, 4) is 28.5 Å². The van der Waals surface area contributed by atoms with Crippen LogP contribution < -0.4 is 4.74 Å². The average Bonchev–Trinajstić information content (AvgIpc) is 3.96. The molecule has 12 heteroatoms. The zero-order chi connectivity index (χ0) is 43.9. The topological polar surface area (TPSA) is 132 Å². The van der Waals surface area contributed by atoms with Crippen LogP contribution in [0.15, 0.2) is 158 Å². The lowest BCUT2D eigenvalue weighted by atomic mass is 9.77. The molecule has 0 spiro atoms. The molecule has 0 aliphatic heterocycles. The van der Waals surface area contributed by atoms with Gasteiger partial charge in [0.05, 0.1) is 29.7 Å². The van der Waals surface area contributed by atoms with Crippen molar-refractivity contribution in [2.24, 2.45) is 0 Å². The molecule has 0 amide bonds. The summed E-state index contributed by atoms with van der Waals surface area (Å²) in [5.41, 5.74) is 7.16. The Morgan fingerprint density at radius 2 is 1.31 bits per heavy atom. The number of para-hydroxylation sites is 1. The van der Waals surface area contributed by atoms with E-state index in [1.165, 1.54) is 6.92 Å². The van der Waals surface area contributed by atoms with Gasteiger partial charge in [0.1, 0.15) is 11.6 Å². The van der Waals surface area contributed by atoms with E-state index in [0.717, 1.165) is 71.0 Å². The Morgan fingerprint density at radius 1 is 0.703 bits per heavy atom. The number of ether oxygens (including phenoxy) is 4. The van der Waals surface area contributed by atoms with E-state index in [4.69, 9.17) is 34.2 Å². The van der Waals surface area contributed by atoms with E-state index in [-0.39, 0.29) is 11.7 Å². The fourth-order valence-corrected chi connectivity index (χ4v) is 8.82. The smallest absolute Gasteiger partial charge is 0.465 e. The molecule has 1 fully saturated rings. The molecule has 64 heavy (non-hydrogen) atoms. The van der Waals surface area contributed by atoms with Gasteiger partial charge in [-0.2, -0.15) is 4.98 Å². The van der Waals surface area contributed by atoms with Gasteiger partial charge in [-0.05, 0) is 88.5 Å². The van der Waals surface area contributed by atoms with Crippen LogP contribution in [0, 0.1) is 0 Å². The van der Waals surface area contributed by atoms with Crippen molar-refractivity contribution in [3.05, 3.63) is 186 Å². The van der Waals surface area contributed by atoms with Crippen molar-refractivity contribution < 1.29 is 28.5 Å². The fourth-order valence-electron chi connectivity index (χ4n) is 8.82. The second-order valence-corrected chi connectivity index (χ2v) is 15.8. The number of carbonyl (C=O) groups excluding carboxylic acids is 2. The largest absolute Gasteiger partial charge is 0.511 e. The third-order valence-corrected chi connectivity index (χ3v) is 11.7. The first-order valence-electron chi connectivity index (χ1n) is 21.8. The van der Waals surface area contributed by atoms with Gasteiger partial charge in [-0.15, -0.1) is 5.10 Å². The number of benzene rings is 6. The highest BCUT2D eigenvalue weighted by atomic mass is 16.8. The van der Waals surface area contributed by atoms with E-state index in [1.807, 2.05) is 101 Å². The molecule has 1 saturated carbocycles. The van der Waals surface area contributed by atoms with Crippen molar-refractivity contribution in [1.29, 1.82) is 0 Å². The van der Waals surface area contributed by atoms with Crippen LogP contribution in [0.5, 0.6) is 6.01 Å². The maximum Gasteiger partial charge on any atom is 0.511 e. The maximum atomic E-state index is 13.7. The molecule has 0 unspecified atom stereocenters. The van der Waals surface area contributed by atoms with Crippen molar-refractivity contribution in [2.75, 3.05) is 6.61 Å². The predicted molar refractivity (Wildman–Crippen MR) is 243 cm³/mol. The van der Waals surface area contributed by atoms with Crippen molar-refractivity contribution >= 4 is 23.2 Å². The Labute approximate surface area is 371 Å². The summed E-state index contributed by atoms with van der Waals surface area (Å²) < 4.78 is 26.3. The van der Waals surface area contributed by atoms with Crippen LogP contribution in [0.25, 0.3) is 33.5 Å². The molecule has 9 rings (SSSR count). The van der Waals surface area contributed by atoms with Gasteiger partial charge in [-0.3, -0.25) is 4.57 Å². The first-order chi connectivity index (χ1) is 31.4. The first kappa shape index (κ1) is 41.7. The summed E-state index contributed by atoms with van der Waals surface area (Å²) in [5, 5.41) is 13.8. The molecule has 1 aliphatic rings. The Balaban J connectivity index is 1.03. The van der Waals surface area contributed by atoms with Gasteiger partial charge in [0.25, 0.3) is 6.01 Å². The number of esters is 1. The monoisotopic (exact) mass is 852 g/mol. The molecule has 6 aromatic carbocycles. The van der Waals surface area contributed by atoms with Crippen molar-refractivity contribution in [3.63, 3.8) is 0 Å². The normalized spacial score (nSPS) is 13.6. The Bertz CT molecular complexity index is 2740. The number of fused-ring (bicyclic) bond motifs is 1. The van der Waals surface area contributed by atoms with Gasteiger partial charge in [-0.25, -0.2) is 14.3 Å². The minimum absolute atomic E-state index is 0.183. The van der Waals surface area contributed by atoms with Gasteiger partial charge in [-0.1, -0.05) is 152 Å². The molecule has 0 N–H and O–H groups in total. The van der Waals surface area contributed by atoms with Gasteiger partial charge in [0.2, 0.25) is 6.29 Å². The number of carbonyl (C=O) groups is 2. The number of imidazole rings is 1. The van der Waals surface area contributed by atoms with E-state index >= 15 is 0 Å². The van der Waals surface area contributed by atoms with Crippen LogP contribution in [0.1, 0.15) is 78.6 Å². The zero-order valence-electron chi connectivity index (χ0n) is 35.7. The van der Waals surface area contributed by atoms with Crippen LogP contribution in [-0.2, 0) is 26.3 Å². The molecule has 8 aromatic rings. The number of aromatic nitrogens is 6. The summed E-state index contributed by atoms with van der Waals surface area (Å²) in [4.78, 5) is 31.0. The highest BCUT2D eigenvalue weighted by Gasteiger charge is 2.42. The summed E-state index contributed by atoms with van der Waals surface area (Å²) in [6, 6.07) is 53.0. The molecule has 1 aliphatic carbocycles. The quantitative estimate of drug-likeness (QED) is 0.0591. The van der Waals surface area contributed by atoms with E-state index < -0.39 is 24.0 Å². The highest BCUT2D eigenvalue weighted by molar-refractivity contribution is 6.02. The third kappa shape index (κ3) is 8.34. The van der Waals surface area contributed by atoms with Gasteiger partial charge in [0.15, 0.2) is 5.82 Å². The molecule has 1 atom stereocenters. The van der Waals surface area contributed by atoms with Gasteiger partial charge in [0, 0.05) is 12.5 Å². The summed E-state index contributed by atoms with van der Waals surface area (Å²) in [6.07, 6.45) is 2.54. The number of rotatable bonds is 14.